The summed E-state index contributed by atoms with van der Waals surface area (Å²) in [6, 6.07) is 9.55. The van der Waals surface area contributed by atoms with Gasteiger partial charge in [-0.1, -0.05) is 0 Å². The standard InChI is InChI=1S/C15H15FN2O3S/c1-10-9-13(7-8-14(10)16)22(20,21)18-12-5-3-11(4-6-12)15(19)17-2/h3-9,18H,1-2H3,(H,17,19). The summed E-state index contributed by atoms with van der Waals surface area (Å²) in [7, 11) is -2.30. The van der Waals surface area contributed by atoms with E-state index in [0.29, 0.717) is 11.3 Å². The van der Waals surface area contributed by atoms with Gasteiger partial charge in [0.1, 0.15) is 5.82 Å². The number of aryl methyl sites for hydroxylation is 1. The molecule has 2 aromatic carbocycles. The fraction of sp³-hybridized carbons (Fsp3) is 0.133. The van der Waals surface area contributed by atoms with Crippen LogP contribution in [-0.2, 0) is 10.0 Å². The molecule has 0 heterocycles. The molecule has 0 spiro atoms. The van der Waals surface area contributed by atoms with E-state index in [9.17, 15) is 17.6 Å². The Bertz CT molecular complexity index is 802. The molecule has 0 saturated carbocycles. The van der Waals surface area contributed by atoms with Crippen molar-refractivity contribution in [3.05, 3.63) is 59.4 Å². The molecule has 7 heteroatoms. The third-order valence-corrected chi connectivity index (χ3v) is 4.45. The summed E-state index contributed by atoms with van der Waals surface area (Å²) < 4.78 is 40.1. The van der Waals surface area contributed by atoms with E-state index in [2.05, 4.69) is 10.0 Å². The minimum absolute atomic E-state index is 0.0261. The van der Waals surface area contributed by atoms with Gasteiger partial charge in [-0.15, -0.1) is 0 Å². The second-order valence-electron chi connectivity index (χ2n) is 4.67. The number of sulfonamides is 1. The predicted molar refractivity (Wildman–Crippen MR) is 81.8 cm³/mol. The van der Waals surface area contributed by atoms with Crippen LogP contribution in [0.2, 0.25) is 0 Å². The Morgan fingerprint density at radius 2 is 1.73 bits per heavy atom. The summed E-state index contributed by atoms with van der Waals surface area (Å²) in [5, 5.41) is 2.47. The predicted octanol–water partition coefficient (Wildman–Crippen LogP) is 2.29. The Hall–Kier alpha value is -2.41. The fourth-order valence-corrected chi connectivity index (χ4v) is 2.98. The molecule has 0 saturated heterocycles. The molecule has 0 atom stereocenters. The zero-order valence-corrected chi connectivity index (χ0v) is 12.9. The average Bonchev–Trinajstić information content (AvgIpc) is 2.49. The van der Waals surface area contributed by atoms with Crippen LogP contribution in [-0.4, -0.2) is 21.4 Å². The van der Waals surface area contributed by atoms with Gasteiger partial charge in [-0.2, -0.15) is 0 Å². The van der Waals surface area contributed by atoms with Crippen LogP contribution in [0.25, 0.3) is 0 Å². The minimum atomic E-state index is -3.81. The van der Waals surface area contributed by atoms with Gasteiger partial charge in [0.15, 0.2) is 0 Å². The van der Waals surface area contributed by atoms with Gasteiger partial charge in [0.2, 0.25) is 0 Å². The highest BCUT2D eigenvalue weighted by Crippen LogP contribution is 2.19. The maximum Gasteiger partial charge on any atom is 0.261 e. The molecule has 116 valence electrons. The van der Waals surface area contributed by atoms with Crippen LogP contribution in [0, 0.1) is 12.7 Å². The zero-order valence-electron chi connectivity index (χ0n) is 12.1. The number of benzene rings is 2. The maximum absolute atomic E-state index is 13.2. The van der Waals surface area contributed by atoms with Crippen molar-refractivity contribution >= 4 is 21.6 Å². The Labute approximate surface area is 128 Å². The first-order chi connectivity index (χ1) is 10.3. The first-order valence-corrected chi connectivity index (χ1v) is 7.93. The summed E-state index contributed by atoms with van der Waals surface area (Å²) >= 11 is 0. The molecule has 0 unspecified atom stereocenters. The van der Waals surface area contributed by atoms with E-state index >= 15 is 0 Å². The molecule has 0 fully saturated rings. The van der Waals surface area contributed by atoms with Gasteiger partial charge in [-0.3, -0.25) is 9.52 Å². The molecular formula is C15H15FN2O3S. The van der Waals surface area contributed by atoms with E-state index in [1.807, 2.05) is 0 Å². The van der Waals surface area contributed by atoms with Crippen LogP contribution in [0.15, 0.2) is 47.4 Å². The Balaban J connectivity index is 2.25. The van der Waals surface area contributed by atoms with Crippen molar-refractivity contribution in [1.82, 2.24) is 5.32 Å². The highest BCUT2D eigenvalue weighted by molar-refractivity contribution is 7.92. The lowest BCUT2D eigenvalue weighted by atomic mass is 10.2. The molecule has 0 bridgehead atoms. The third kappa shape index (κ3) is 3.43. The number of hydrogen-bond donors (Lipinski definition) is 2. The average molecular weight is 322 g/mol. The molecule has 2 rings (SSSR count). The number of carbonyl (C=O) groups is 1. The van der Waals surface area contributed by atoms with Crippen molar-refractivity contribution in [3.8, 4) is 0 Å². The maximum atomic E-state index is 13.2. The van der Waals surface area contributed by atoms with E-state index in [0.717, 1.165) is 6.07 Å². The molecule has 0 radical (unpaired) electrons. The highest BCUT2D eigenvalue weighted by Gasteiger charge is 2.15. The number of hydrogen-bond acceptors (Lipinski definition) is 3. The fourth-order valence-electron chi connectivity index (χ4n) is 1.83. The number of halogens is 1. The van der Waals surface area contributed by atoms with Crippen LogP contribution >= 0.6 is 0 Å². The summed E-state index contributed by atoms with van der Waals surface area (Å²) in [5.41, 5.74) is 0.982. The molecular weight excluding hydrogens is 307 g/mol. The molecule has 1 amide bonds. The van der Waals surface area contributed by atoms with Crippen molar-refractivity contribution in [2.75, 3.05) is 11.8 Å². The zero-order chi connectivity index (χ0) is 16.3. The van der Waals surface area contributed by atoms with Gasteiger partial charge >= 0.3 is 0 Å². The number of anilines is 1. The molecule has 0 aromatic heterocycles. The van der Waals surface area contributed by atoms with E-state index < -0.39 is 15.8 Å². The number of amides is 1. The second-order valence-corrected chi connectivity index (χ2v) is 6.36. The van der Waals surface area contributed by atoms with Crippen LogP contribution in [0.5, 0.6) is 0 Å². The molecule has 2 N–H and O–H groups in total. The van der Waals surface area contributed by atoms with Gasteiger partial charge in [-0.05, 0) is 55.0 Å². The highest BCUT2D eigenvalue weighted by atomic mass is 32.2. The van der Waals surface area contributed by atoms with Gasteiger partial charge in [0.25, 0.3) is 15.9 Å². The smallest absolute Gasteiger partial charge is 0.261 e. The van der Waals surface area contributed by atoms with Gasteiger partial charge < -0.3 is 5.32 Å². The Morgan fingerprint density at radius 3 is 2.27 bits per heavy atom. The van der Waals surface area contributed by atoms with Crippen molar-refractivity contribution in [1.29, 1.82) is 0 Å². The van der Waals surface area contributed by atoms with Crippen molar-refractivity contribution < 1.29 is 17.6 Å². The molecule has 22 heavy (non-hydrogen) atoms. The summed E-state index contributed by atoms with van der Waals surface area (Å²) in [6.07, 6.45) is 0. The van der Waals surface area contributed by atoms with Gasteiger partial charge in [0.05, 0.1) is 4.90 Å². The SMILES string of the molecule is CNC(=O)c1ccc(NS(=O)(=O)c2ccc(F)c(C)c2)cc1. The monoisotopic (exact) mass is 322 g/mol. The van der Waals surface area contributed by atoms with Crippen LogP contribution in [0.4, 0.5) is 10.1 Å². The van der Waals surface area contributed by atoms with E-state index in [1.165, 1.54) is 50.4 Å². The lowest BCUT2D eigenvalue weighted by molar-refractivity contribution is 0.0963. The van der Waals surface area contributed by atoms with Crippen LogP contribution in [0.3, 0.4) is 0 Å². The van der Waals surface area contributed by atoms with E-state index in [1.54, 1.807) is 0 Å². The largest absolute Gasteiger partial charge is 0.355 e. The first-order valence-electron chi connectivity index (χ1n) is 6.44. The molecule has 2 aromatic rings. The van der Waals surface area contributed by atoms with Crippen molar-refractivity contribution in [3.63, 3.8) is 0 Å². The number of rotatable bonds is 4. The molecule has 0 aliphatic heterocycles. The second kappa shape index (κ2) is 6.15. The third-order valence-electron chi connectivity index (χ3n) is 3.07. The molecule has 0 aliphatic rings. The quantitative estimate of drug-likeness (QED) is 0.907. The van der Waals surface area contributed by atoms with Crippen molar-refractivity contribution in [2.24, 2.45) is 0 Å². The number of carbonyl (C=O) groups excluding carboxylic acids is 1. The normalized spacial score (nSPS) is 11.0. The Morgan fingerprint density at radius 1 is 1.09 bits per heavy atom. The lowest BCUT2D eigenvalue weighted by Gasteiger charge is -2.09. The first kappa shape index (κ1) is 16.0. The molecule has 5 nitrogen and oxygen atoms in total. The van der Waals surface area contributed by atoms with E-state index in [-0.39, 0.29) is 16.4 Å². The van der Waals surface area contributed by atoms with Crippen LogP contribution < -0.4 is 10.0 Å². The summed E-state index contributed by atoms with van der Waals surface area (Å²) in [5.74, 6) is -0.725. The minimum Gasteiger partial charge on any atom is -0.355 e. The Kier molecular flexibility index (Phi) is 4.46. The van der Waals surface area contributed by atoms with Gasteiger partial charge in [-0.25, -0.2) is 12.8 Å². The molecule has 0 aliphatic carbocycles. The number of nitrogens with one attached hydrogen (secondary N) is 2. The van der Waals surface area contributed by atoms with Gasteiger partial charge in [0, 0.05) is 18.3 Å². The lowest BCUT2D eigenvalue weighted by Crippen LogP contribution is -2.18. The van der Waals surface area contributed by atoms with Crippen molar-refractivity contribution in [2.45, 2.75) is 11.8 Å². The van der Waals surface area contributed by atoms with E-state index in [4.69, 9.17) is 0 Å². The topological polar surface area (TPSA) is 75.3 Å². The summed E-state index contributed by atoms with van der Waals surface area (Å²) in [6.45, 7) is 1.49. The summed E-state index contributed by atoms with van der Waals surface area (Å²) in [4.78, 5) is 11.4. The van der Waals surface area contributed by atoms with Crippen LogP contribution in [0.1, 0.15) is 15.9 Å².